The first-order valence-corrected chi connectivity index (χ1v) is 8.86. The van der Waals surface area contributed by atoms with Crippen LogP contribution in [0.3, 0.4) is 0 Å². The van der Waals surface area contributed by atoms with E-state index >= 15 is 0 Å². The number of hydrogen-bond donors (Lipinski definition) is 1. The molecule has 0 saturated carbocycles. The highest BCUT2D eigenvalue weighted by molar-refractivity contribution is 6.30. The summed E-state index contributed by atoms with van der Waals surface area (Å²) in [7, 11) is 1.58. The van der Waals surface area contributed by atoms with Crippen molar-refractivity contribution in [3.05, 3.63) is 59.1 Å². The van der Waals surface area contributed by atoms with E-state index in [1.54, 1.807) is 24.1 Å². The molecule has 5 nitrogen and oxygen atoms in total. The van der Waals surface area contributed by atoms with Gasteiger partial charge in [-0.2, -0.15) is 0 Å². The molecule has 2 amide bonds. The molecule has 0 bridgehead atoms. The second-order valence-electron chi connectivity index (χ2n) is 6.39. The number of carbonyl (C=O) groups is 2. The van der Waals surface area contributed by atoms with E-state index < -0.39 is 0 Å². The molecule has 136 valence electrons. The maximum atomic E-state index is 12.6. The quantitative estimate of drug-likeness (QED) is 0.872. The van der Waals surface area contributed by atoms with Gasteiger partial charge in [0.15, 0.2) is 0 Å². The number of hydrogen-bond acceptors (Lipinski definition) is 3. The van der Waals surface area contributed by atoms with Crippen LogP contribution >= 0.6 is 11.6 Å². The highest BCUT2D eigenvalue weighted by Gasteiger charge is 2.35. The van der Waals surface area contributed by atoms with E-state index in [2.05, 4.69) is 5.32 Å². The van der Waals surface area contributed by atoms with Crippen molar-refractivity contribution in [2.75, 3.05) is 18.6 Å². The molecule has 1 N–H and O–H groups in total. The smallest absolute Gasteiger partial charge is 0.227 e. The minimum atomic E-state index is -0.379. The van der Waals surface area contributed by atoms with Gasteiger partial charge in [-0.05, 0) is 36.8 Å². The number of rotatable bonds is 5. The topological polar surface area (TPSA) is 58.6 Å². The van der Waals surface area contributed by atoms with Crippen LogP contribution in [0.15, 0.2) is 48.5 Å². The van der Waals surface area contributed by atoms with Crippen molar-refractivity contribution >= 4 is 29.1 Å². The van der Waals surface area contributed by atoms with Crippen molar-refractivity contribution in [2.45, 2.75) is 19.4 Å². The van der Waals surface area contributed by atoms with Gasteiger partial charge in [0.1, 0.15) is 5.75 Å². The van der Waals surface area contributed by atoms with E-state index in [9.17, 15) is 9.59 Å². The molecule has 2 unspecified atom stereocenters. The summed E-state index contributed by atoms with van der Waals surface area (Å²) in [6.45, 7) is 2.26. The minimum Gasteiger partial charge on any atom is -0.497 e. The van der Waals surface area contributed by atoms with Gasteiger partial charge in [-0.15, -0.1) is 0 Å². The summed E-state index contributed by atoms with van der Waals surface area (Å²) in [5.74, 6) is 0.109. The molecule has 1 heterocycles. The van der Waals surface area contributed by atoms with Crippen LogP contribution in [0.4, 0.5) is 5.69 Å². The molecular formula is C20H21ClN2O3. The molecular weight excluding hydrogens is 352 g/mol. The van der Waals surface area contributed by atoms with Gasteiger partial charge in [-0.3, -0.25) is 9.59 Å². The first-order chi connectivity index (χ1) is 12.5. The third-order valence-corrected chi connectivity index (χ3v) is 4.80. The number of methoxy groups -OCH3 is 1. The minimum absolute atomic E-state index is 0.0613. The molecule has 1 aliphatic rings. The van der Waals surface area contributed by atoms with Gasteiger partial charge < -0.3 is 15.0 Å². The zero-order valence-corrected chi connectivity index (χ0v) is 15.5. The van der Waals surface area contributed by atoms with Gasteiger partial charge in [0.05, 0.1) is 19.1 Å². The summed E-state index contributed by atoms with van der Waals surface area (Å²) < 4.78 is 5.21. The average molecular weight is 373 g/mol. The lowest BCUT2D eigenvalue weighted by molar-refractivity contribution is -0.126. The fraction of sp³-hybridized carbons (Fsp3) is 0.300. The molecule has 0 aliphatic carbocycles. The maximum Gasteiger partial charge on any atom is 0.227 e. The lowest BCUT2D eigenvalue weighted by atomic mass is 10.1. The van der Waals surface area contributed by atoms with Gasteiger partial charge in [-0.25, -0.2) is 0 Å². The average Bonchev–Trinajstić information content (AvgIpc) is 3.03. The number of nitrogens with zero attached hydrogens (tertiary/aromatic N) is 1. The van der Waals surface area contributed by atoms with Gasteiger partial charge in [0.2, 0.25) is 11.8 Å². The van der Waals surface area contributed by atoms with Gasteiger partial charge in [0.25, 0.3) is 0 Å². The molecule has 0 spiro atoms. The van der Waals surface area contributed by atoms with Crippen LogP contribution in [0.1, 0.15) is 24.9 Å². The van der Waals surface area contributed by atoms with E-state index in [1.165, 1.54) is 0 Å². The van der Waals surface area contributed by atoms with E-state index in [0.717, 1.165) is 11.3 Å². The van der Waals surface area contributed by atoms with E-state index in [0.29, 0.717) is 17.3 Å². The van der Waals surface area contributed by atoms with E-state index in [-0.39, 0.29) is 30.2 Å². The fourth-order valence-electron chi connectivity index (χ4n) is 3.10. The van der Waals surface area contributed by atoms with Crippen LogP contribution in [0.2, 0.25) is 5.02 Å². The predicted octanol–water partition coefficient (Wildman–Crippen LogP) is 3.58. The molecule has 1 aliphatic heterocycles. The number of carbonyl (C=O) groups excluding carboxylic acids is 2. The molecule has 6 heteroatoms. The number of ether oxygens (including phenoxy) is 1. The SMILES string of the molecule is COc1cccc(N2CC(C(=O)NC(C)c3cccc(Cl)c3)CC2=O)c1. The molecule has 3 rings (SSSR count). The van der Waals surface area contributed by atoms with Crippen LogP contribution in [0.25, 0.3) is 0 Å². The highest BCUT2D eigenvalue weighted by Crippen LogP contribution is 2.28. The zero-order chi connectivity index (χ0) is 18.7. The molecule has 0 radical (unpaired) electrons. The van der Waals surface area contributed by atoms with E-state index in [1.807, 2.05) is 43.3 Å². The van der Waals surface area contributed by atoms with Crippen molar-refractivity contribution in [1.82, 2.24) is 5.32 Å². The fourth-order valence-corrected chi connectivity index (χ4v) is 3.30. The summed E-state index contributed by atoms with van der Waals surface area (Å²) in [5.41, 5.74) is 1.67. The maximum absolute atomic E-state index is 12.6. The van der Waals surface area contributed by atoms with Crippen molar-refractivity contribution in [1.29, 1.82) is 0 Å². The van der Waals surface area contributed by atoms with Gasteiger partial charge >= 0.3 is 0 Å². The second kappa shape index (κ2) is 7.79. The lowest BCUT2D eigenvalue weighted by Gasteiger charge is -2.19. The summed E-state index contributed by atoms with van der Waals surface area (Å²) in [5, 5.41) is 3.61. The Bertz CT molecular complexity index is 824. The van der Waals surface area contributed by atoms with Gasteiger partial charge in [-0.1, -0.05) is 29.8 Å². The van der Waals surface area contributed by atoms with Crippen LogP contribution < -0.4 is 15.0 Å². The van der Waals surface area contributed by atoms with Crippen LogP contribution in [-0.2, 0) is 9.59 Å². The first-order valence-electron chi connectivity index (χ1n) is 8.48. The number of anilines is 1. The van der Waals surface area contributed by atoms with Crippen molar-refractivity contribution < 1.29 is 14.3 Å². The Morgan fingerprint density at radius 3 is 2.77 bits per heavy atom. The van der Waals surface area contributed by atoms with Crippen LogP contribution in [0, 0.1) is 5.92 Å². The summed E-state index contributed by atoms with van der Waals surface area (Å²) in [4.78, 5) is 26.6. The van der Waals surface area contributed by atoms with Crippen LogP contribution in [-0.4, -0.2) is 25.5 Å². The number of benzene rings is 2. The second-order valence-corrected chi connectivity index (χ2v) is 6.83. The Hall–Kier alpha value is -2.53. The lowest BCUT2D eigenvalue weighted by Crippen LogP contribution is -2.34. The Balaban J connectivity index is 1.67. The highest BCUT2D eigenvalue weighted by atomic mass is 35.5. The van der Waals surface area contributed by atoms with Crippen molar-refractivity contribution in [2.24, 2.45) is 5.92 Å². The third kappa shape index (κ3) is 3.99. The Labute approximate surface area is 157 Å². The monoisotopic (exact) mass is 372 g/mol. The molecule has 0 aromatic heterocycles. The number of amides is 2. The summed E-state index contributed by atoms with van der Waals surface area (Å²) in [6, 6.07) is 14.5. The Morgan fingerprint density at radius 1 is 1.27 bits per heavy atom. The molecule has 2 atom stereocenters. The molecule has 26 heavy (non-hydrogen) atoms. The first kappa shape index (κ1) is 18.3. The summed E-state index contributed by atoms with van der Waals surface area (Å²) in [6.07, 6.45) is 0.200. The molecule has 1 fully saturated rings. The third-order valence-electron chi connectivity index (χ3n) is 4.57. The largest absolute Gasteiger partial charge is 0.497 e. The normalized spacial score (nSPS) is 17.9. The van der Waals surface area contributed by atoms with Gasteiger partial charge in [0, 0.05) is 29.7 Å². The molecule has 2 aromatic rings. The molecule has 2 aromatic carbocycles. The Morgan fingerprint density at radius 2 is 2.04 bits per heavy atom. The zero-order valence-electron chi connectivity index (χ0n) is 14.7. The van der Waals surface area contributed by atoms with E-state index in [4.69, 9.17) is 16.3 Å². The van der Waals surface area contributed by atoms with Crippen LogP contribution in [0.5, 0.6) is 5.75 Å². The van der Waals surface area contributed by atoms with Crippen molar-refractivity contribution in [3.63, 3.8) is 0 Å². The number of nitrogens with one attached hydrogen (secondary N) is 1. The molecule has 1 saturated heterocycles. The predicted molar refractivity (Wildman–Crippen MR) is 101 cm³/mol. The summed E-state index contributed by atoms with van der Waals surface area (Å²) >= 11 is 6.01. The number of halogens is 1. The standard InChI is InChI=1S/C20H21ClN2O3/c1-13(14-5-3-6-16(21)9-14)22-20(25)15-10-19(24)23(12-15)17-7-4-8-18(11-17)26-2/h3-9,11,13,15H,10,12H2,1-2H3,(H,22,25). The Kier molecular flexibility index (Phi) is 5.47. The van der Waals surface area contributed by atoms with Crippen molar-refractivity contribution in [3.8, 4) is 5.75 Å².